The highest BCUT2D eigenvalue weighted by Gasteiger charge is 2.33. The van der Waals surface area contributed by atoms with E-state index in [0.29, 0.717) is 5.92 Å². The first kappa shape index (κ1) is 10.4. The highest BCUT2D eigenvalue weighted by Crippen LogP contribution is 2.29. The maximum atomic E-state index is 9.60. The minimum atomic E-state index is -0.205. The van der Waals surface area contributed by atoms with E-state index in [0.717, 1.165) is 25.6 Å². The summed E-state index contributed by atoms with van der Waals surface area (Å²) in [6.45, 7) is 3.98. The van der Waals surface area contributed by atoms with Gasteiger partial charge in [-0.2, -0.15) is 0 Å². The number of piperidine rings is 1. The molecule has 3 nitrogen and oxygen atoms in total. The normalized spacial score (nSPS) is 37.9. The summed E-state index contributed by atoms with van der Waals surface area (Å²) in [7, 11) is 0. The highest BCUT2D eigenvalue weighted by atomic mass is 16.3. The monoisotopic (exact) mass is 198 g/mol. The Morgan fingerprint density at radius 3 is 2.57 bits per heavy atom. The summed E-state index contributed by atoms with van der Waals surface area (Å²) in [4.78, 5) is 2.50. The van der Waals surface area contributed by atoms with Crippen LogP contribution in [0.25, 0.3) is 0 Å². The minimum absolute atomic E-state index is 0.205. The van der Waals surface area contributed by atoms with E-state index in [1.165, 1.54) is 19.3 Å². The second-order valence-electron chi connectivity index (χ2n) is 5.04. The fourth-order valence-corrected chi connectivity index (χ4v) is 2.61. The number of aliphatic hydroxyl groups is 1. The summed E-state index contributed by atoms with van der Waals surface area (Å²) in [5.41, 5.74) is 6.02. The van der Waals surface area contributed by atoms with Gasteiger partial charge in [0.1, 0.15) is 0 Å². The van der Waals surface area contributed by atoms with Crippen molar-refractivity contribution < 1.29 is 5.11 Å². The van der Waals surface area contributed by atoms with E-state index in [1.807, 2.05) is 6.92 Å². The van der Waals surface area contributed by atoms with E-state index in [2.05, 4.69) is 4.90 Å². The van der Waals surface area contributed by atoms with Crippen LogP contribution in [0.3, 0.4) is 0 Å². The maximum absolute atomic E-state index is 9.60. The average molecular weight is 198 g/mol. The van der Waals surface area contributed by atoms with Gasteiger partial charge in [0.05, 0.1) is 6.10 Å². The summed E-state index contributed by atoms with van der Waals surface area (Å²) in [6, 6.07) is 1.03. The molecule has 0 aromatic heterocycles. The third-order valence-electron chi connectivity index (χ3n) is 3.82. The molecule has 1 aliphatic heterocycles. The van der Waals surface area contributed by atoms with Crippen LogP contribution in [0.1, 0.15) is 32.6 Å². The summed E-state index contributed by atoms with van der Waals surface area (Å²) in [5, 5.41) is 9.60. The number of rotatable bonds is 2. The molecule has 14 heavy (non-hydrogen) atoms. The molecule has 3 unspecified atom stereocenters. The van der Waals surface area contributed by atoms with Crippen LogP contribution in [0.2, 0.25) is 0 Å². The predicted molar refractivity (Wildman–Crippen MR) is 57.0 cm³/mol. The molecule has 1 saturated heterocycles. The summed E-state index contributed by atoms with van der Waals surface area (Å²) >= 11 is 0. The molecule has 2 rings (SSSR count). The van der Waals surface area contributed by atoms with Crippen LogP contribution in [0.15, 0.2) is 0 Å². The van der Waals surface area contributed by atoms with Crippen LogP contribution in [-0.2, 0) is 0 Å². The third kappa shape index (κ3) is 2.10. The molecule has 3 atom stereocenters. The van der Waals surface area contributed by atoms with Crippen molar-refractivity contribution >= 4 is 0 Å². The zero-order chi connectivity index (χ0) is 10.1. The van der Waals surface area contributed by atoms with E-state index in [4.69, 9.17) is 5.73 Å². The quantitative estimate of drug-likeness (QED) is 0.682. The first-order chi connectivity index (χ1) is 6.66. The second-order valence-corrected chi connectivity index (χ2v) is 5.04. The molecule has 0 aromatic rings. The molecule has 3 N–H and O–H groups in total. The van der Waals surface area contributed by atoms with Crippen molar-refractivity contribution in [2.45, 2.75) is 50.8 Å². The standard InChI is InChI=1S/C11H22N2O/c1-8(14)9-5-10(12)7-13(6-9)11-3-2-4-11/h8-11,14H,2-7,12H2,1H3. The molecule has 1 saturated carbocycles. The van der Waals surface area contributed by atoms with E-state index < -0.39 is 0 Å². The van der Waals surface area contributed by atoms with Crippen molar-refractivity contribution in [3.8, 4) is 0 Å². The lowest BCUT2D eigenvalue weighted by Gasteiger charge is -2.45. The van der Waals surface area contributed by atoms with Crippen LogP contribution >= 0.6 is 0 Å². The van der Waals surface area contributed by atoms with Gasteiger partial charge in [0, 0.05) is 25.2 Å². The topological polar surface area (TPSA) is 49.5 Å². The molecule has 0 aromatic carbocycles. The Labute approximate surface area is 86.3 Å². The molecule has 0 amide bonds. The van der Waals surface area contributed by atoms with Gasteiger partial charge < -0.3 is 10.8 Å². The Balaban J connectivity index is 1.91. The van der Waals surface area contributed by atoms with Gasteiger partial charge in [0.2, 0.25) is 0 Å². The van der Waals surface area contributed by atoms with Gasteiger partial charge in [0.25, 0.3) is 0 Å². The van der Waals surface area contributed by atoms with Gasteiger partial charge in [-0.25, -0.2) is 0 Å². The summed E-state index contributed by atoms with van der Waals surface area (Å²) in [5.74, 6) is 0.388. The number of hydrogen-bond acceptors (Lipinski definition) is 3. The molecule has 1 aliphatic carbocycles. The Kier molecular flexibility index (Phi) is 3.10. The first-order valence-electron chi connectivity index (χ1n) is 5.84. The second kappa shape index (κ2) is 4.17. The number of nitrogens with zero attached hydrogens (tertiary/aromatic N) is 1. The Morgan fingerprint density at radius 1 is 1.36 bits per heavy atom. The van der Waals surface area contributed by atoms with Crippen LogP contribution in [0, 0.1) is 5.92 Å². The maximum Gasteiger partial charge on any atom is 0.0553 e. The van der Waals surface area contributed by atoms with Crippen LogP contribution in [0.5, 0.6) is 0 Å². The van der Waals surface area contributed by atoms with Crippen LogP contribution < -0.4 is 5.73 Å². The fourth-order valence-electron chi connectivity index (χ4n) is 2.61. The zero-order valence-corrected chi connectivity index (χ0v) is 9.02. The number of aliphatic hydroxyl groups excluding tert-OH is 1. The predicted octanol–water partition coefficient (Wildman–Crippen LogP) is 0.569. The van der Waals surface area contributed by atoms with Crippen molar-refractivity contribution in [3.63, 3.8) is 0 Å². The fraction of sp³-hybridized carbons (Fsp3) is 1.00. The van der Waals surface area contributed by atoms with Gasteiger partial charge >= 0.3 is 0 Å². The van der Waals surface area contributed by atoms with Crippen molar-refractivity contribution in [2.75, 3.05) is 13.1 Å². The molecule has 0 bridgehead atoms. The van der Waals surface area contributed by atoms with Gasteiger partial charge in [-0.1, -0.05) is 6.42 Å². The largest absolute Gasteiger partial charge is 0.393 e. The number of hydrogen-bond donors (Lipinski definition) is 2. The zero-order valence-electron chi connectivity index (χ0n) is 9.02. The smallest absolute Gasteiger partial charge is 0.0553 e. The molecular formula is C11H22N2O. The molecule has 82 valence electrons. The Hall–Kier alpha value is -0.120. The molecule has 0 radical (unpaired) electrons. The minimum Gasteiger partial charge on any atom is -0.393 e. The van der Waals surface area contributed by atoms with Crippen molar-refractivity contribution in [3.05, 3.63) is 0 Å². The molecule has 1 heterocycles. The average Bonchev–Trinajstić information content (AvgIpc) is 1.99. The summed E-state index contributed by atoms with van der Waals surface area (Å²) < 4.78 is 0. The lowest BCUT2D eigenvalue weighted by Crippen LogP contribution is -2.54. The van der Waals surface area contributed by atoms with Crippen molar-refractivity contribution in [1.29, 1.82) is 0 Å². The molecule has 2 fully saturated rings. The number of nitrogens with two attached hydrogens (primary N) is 1. The lowest BCUT2D eigenvalue weighted by atomic mass is 9.85. The van der Waals surface area contributed by atoms with E-state index in [9.17, 15) is 5.11 Å². The molecule has 3 heteroatoms. The van der Waals surface area contributed by atoms with Crippen molar-refractivity contribution in [1.82, 2.24) is 4.90 Å². The highest BCUT2D eigenvalue weighted by molar-refractivity contribution is 4.89. The van der Waals surface area contributed by atoms with E-state index >= 15 is 0 Å². The first-order valence-corrected chi connectivity index (χ1v) is 5.84. The van der Waals surface area contributed by atoms with Gasteiger partial charge in [-0.15, -0.1) is 0 Å². The van der Waals surface area contributed by atoms with Gasteiger partial charge in [-0.3, -0.25) is 4.90 Å². The summed E-state index contributed by atoms with van der Waals surface area (Å²) in [6.07, 6.45) is 4.82. The Bertz CT molecular complexity index is 192. The molecular weight excluding hydrogens is 176 g/mol. The molecule has 2 aliphatic rings. The van der Waals surface area contributed by atoms with Gasteiger partial charge in [-0.05, 0) is 32.1 Å². The van der Waals surface area contributed by atoms with E-state index in [1.54, 1.807) is 0 Å². The molecule has 0 spiro atoms. The van der Waals surface area contributed by atoms with Crippen molar-refractivity contribution in [2.24, 2.45) is 11.7 Å². The van der Waals surface area contributed by atoms with Gasteiger partial charge in [0.15, 0.2) is 0 Å². The van der Waals surface area contributed by atoms with Crippen LogP contribution in [-0.4, -0.2) is 41.3 Å². The third-order valence-corrected chi connectivity index (χ3v) is 3.82. The SMILES string of the molecule is CC(O)C1CC(N)CN(C2CCC2)C1. The van der Waals surface area contributed by atoms with E-state index in [-0.39, 0.29) is 12.1 Å². The van der Waals surface area contributed by atoms with Crippen LogP contribution in [0.4, 0.5) is 0 Å². The lowest BCUT2D eigenvalue weighted by molar-refractivity contribution is 0.0168. The Morgan fingerprint density at radius 2 is 2.07 bits per heavy atom. The number of likely N-dealkylation sites (tertiary alicyclic amines) is 1.